The lowest BCUT2D eigenvalue weighted by Gasteiger charge is -2.33. The first-order valence-electron chi connectivity index (χ1n) is 8.54. The van der Waals surface area contributed by atoms with Crippen LogP contribution in [0.2, 0.25) is 0 Å². The summed E-state index contributed by atoms with van der Waals surface area (Å²) in [5, 5.41) is 8.45. The van der Waals surface area contributed by atoms with Gasteiger partial charge in [0.15, 0.2) is 0 Å². The van der Waals surface area contributed by atoms with Crippen molar-refractivity contribution in [1.82, 2.24) is 29.4 Å². The first-order valence-corrected chi connectivity index (χ1v) is 8.54. The van der Waals surface area contributed by atoms with E-state index in [0.29, 0.717) is 26.2 Å². The summed E-state index contributed by atoms with van der Waals surface area (Å²) in [4.78, 5) is 16.4. The van der Waals surface area contributed by atoms with Crippen molar-refractivity contribution in [1.29, 1.82) is 0 Å². The minimum Gasteiger partial charge on any atom is -0.374 e. The van der Waals surface area contributed by atoms with Crippen LogP contribution in [0.1, 0.15) is 11.1 Å². The van der Waals surface area contributed by atoms with Gasteiger partial charge in [-0.05, 0) is 12.5 Å². The Morgan fingerprint density at radius 1 is 1.36 bits per heavy atom. The third kappa shape index (κ3) is 4.90. The standard InChI is InChI=1S/C17H26N6O2/c1-14-6-19-23(8-14)12-16-11-22(4-5-25-16)13-17(24)20(2)9-15-7-18-21(3)10-15/h6-8,10,16H,4-5,9,11-13H2,1-3H3. The van der Waals surface area contributed by atoms with Crippen LogP contribution in [0.5, 0.6) is 0 Å². The highest BCUT2D eigenvalue weighted by atomic mass is 16.5. The number of carbonyl (C=O) groups excluding carboxylic acids is 1. The molecule has 1 aliphatic rings. The van der Waals surface area contributed by atoms with Crippen LogP contribution in [0, 0.1) is 6.92 Å². The Morgan fingerprint density at radius 2 is 2.20 bits per heavy atom. The molecule has 1 saturated heterocycles. The Kier molecular flexibility index (Phi) is 5.50. The zero-order valence-electron chi connectivity index (χ0n) is 15.1. The molecule has 0 N–H and O–H groups in total. The Hall–Kier alpha value is -2.19. The molecule has 3 rings (SSSR count). The predicted octanol–water partition coefficient (Wildman–Crippen LogP) is 0.284. The number of carbonyl (C=O) groups is 1. The molecule has 136 valence electrons. The third-order valence-electron chi connectivity index (χ3n) is 4.34. The molecule has 0 bridgehead atoms. The minimum absolute atomic E-state index is 0.0597. The number of amides is 1. The lowest BCUT2D eigenvalue weighted by molar-refractivity contribution is -0.133. The topological polar surface area (TPSA) is 68.4 Å². The van der Waals surface area contributed by atoms with Gasteiger partial charge in [0.05, 0.1) is 38.2 Å². The van der Waals surface area contributed by atoms with Gasteiger partial charge in [0, 0.05) is 51.7 Å². The van der Waals surface area contributed by atoms with Crippen LogP contribution < -0.4 is 0 Å². The van der Waals surface area contributed by atoms with Crippen molar-refractivity contribution in [2.24, 2.45) is 7.05 Å². The first-order chi connectivity index (χ1) is 12.0. The van der Waals surface area contributed by atoms with Gasteiger partial charge in [-0.25, -0.2) is 0 Å². The van der Waals surface area contributed by atoms with Crippen molar-refractivity contribution in [3.05, 3.63) is 35.9 Å². The van der Waals surface area contributed by atoms with E-state index in [2.05, 4.69) is 15.1 Å². The normalized spacial score (nSPS) is 18.4. The van der Waals surface area contributed by atoms with Gasteiger partial charge in [0.2, 0.25) is 5.91 Å². The third-order valence-corrected chi connectivity index (χ3v) is 4.34. The number of rotatable bonds is 6. The predicted molar refractivity (Wildman–Crippen MR) is 92.8 cm³/mol. The highest BCUT2D eigenvalue weighted by Crippen LogP contribution is 2.09. The van der Waals surface area contributed by atoms with Gasteiger partial charge in [0.25, 0.3) is 0 Å². The number of aryl methyl sites for hydroxylation is 2. The number of likely N-dealkylation sites (N-methyl/N-ethyl adjacent to an activating group) is 1. The number of hydrogen-bond acceptors (Lipinski definition) is 5. The maximum Gasteiger partial charge on any atom is 0.236 e. The maximum absolute atomic E-state index is 12.5. The molecule has 2 aromatic heterocycles. The Labute approximate surface area is 148 Å². The second kappa shape index (κ2) is 7.79. The molecule has 2 aromatic rings. The van der Waals surface area contributed by atoms with Crippen LogP contribution in [-0.4, -0.2) is 74.7 Å². The Balaban J connectivity index is 1.48. The highest BCUT2D eigenvalue weighted by Gasteiger charge is 2.24. The average molecular weight is 346 g/mol. The number of ether oxygens (including phenoxy) is 1. The molecule has 1 aliphatic heterocycles. The summed E-state index contributed by atoms with van der Waals surface area (Å²) in [5.41, 5.74) is 2.17. The second-order valence-electron chi connectivity index (χ2n) is 6.74. The highest BCUT2D eigenvalue weighted by molar-refractivity contribution is 5.78. The second-order valence-corrected chi connectivity index (χ2v) is 6.74. The van der Waals surface area contributed by atoms with Crippen LogP contribution in [0.15, 0.2) is 24.8 Å². The summed E-state index contributed by atoms with van der Waals surface area (Å²) in [5.74, 6) is 0.111. The fourth-order valence-corrected chi connectivity index (χ4v) is 3.04. The lowest BCUT2D eigenvalue weighted by Crippen LogP contribution is -2.48. The van der Waals surface area contributed by atoms with Crippen molar-refractivity contribution < 1.29 is 9.53 Å². The first kappa shape index (κ1) is 17.6. The van der Waals surface area contributed by atoms with Gasteiger partial charge in [-0.1, -0.05) is 0 Å². The molecule has 1 atom stereocenters. The van der Waals surface area contributed by atoms with Crippen molar-refractivity contribution in [2.75, 3.05) is 33.3 Å². The summed E-state index contributed by atoms with van der Waals surface area (Å²) in [7, 11) is 3.71. The summed E-state index contributed by atoms with van der Waals surface area (Å²) < 4.78 is 9.47. The smallest absolute Gasteiger partial charge is 0.236 e. The molecule has 0 radical (unpaired) electrons. The van der Waals surface area contributed by atoms with Crippen molar-refractivity contribution in [3.63, 3.8) is 0 Å². The molecular formula is C17H26N6O2. The van der Waals surface area contributed by atoms with Gasteiger partial charge in [-0.3, -0.25) is 19.1 Å². The van der Waals surface area contributed by atoms with E-state index in [-0.39, 0.29) is 12.0 Å². The molecule has 25 heavy (non-hydrogen) atoms. The van der Waals surface area contributed by atoms with Gasteiger partial charge in [-0.15, -0.1) is 0 Å². The minimum atomic E-state index is 0.0597. The molecular weight excluding hydrogens is 320 g/mol. The Morgan fingerprint density at radius 3 is 2.88 bits per heavy atom. The van der Waals surface area contributed by atoms with E-state index in [4.69, 9.17) is 4.74 Å². The number of morpholine rings is 1. The van der Waals surface area contributed by atoms with Gasteiger partial charge < -0.3 is 9.64 Å². The fraction of sp³-hybridized carbons (Fsp3) is 0.588. The maximum atomic E-state index is 12.5. The molecule has 0 aliphatic carbocycles. The van der Waals surface area contributed by atoms with Crippen LogP contribution in [-0.2, 0) is 29.7 Å². The van der Waals surface area contributed by atoms with Crippen molar-refractivity contribution in [2.45, 2.75) is 26.1 Å². The molecule has 1 unspecified atom stereocenters. The van der Waals surface area contributed by atoms with Crippen LogP contribution >= 0.6 is 0 Å². The lowest BCUT2D eigenvalue weighted by atomic mass is 10.2. The van der Waals surface area contributed by atoms with E-state index in [1.54, 1.807) is 15.8 Å². The van der Waals surface area contributed by atoms with Crippen molar-refractivity contribution in [3.8, 4) is 0 Å². The van der Waals surface area contributed by atoms with E-state index in [1.807, 2.05) is 44.3 Å². The van der Waals surface area contributed by atoms with E-state index in [1.165, 1.54) is 0 Å². The summed E-state index contributed by atoms with van der Waals surface area (Å²) in [6.07, 6.45) is 7.64. The van der Waals surface area contributed by atoms with Crippen LogP contribution in [0.3, 0.4) is 0 Å². The monoisotopic (exact) mass is 346 g/mol. The SMILES string of the molecule is Cc1cnn(CC2CN(CC(=O)N(C)Cc3cnn(C)c3)CCO2)c1. The zero-order valence-corrected chi connectivity index (χ0v) is 15.1. The molecule has 8 nitrogen and oxygen atoms in total. The summed E-state index contributed by atoms with van der Waals surface area (Å²) in [6.45, 7) is 5.89. The van der Waals surface area contributed by atoms with E-state index in [9.17, 15) is 4.79 Å². The van der Waals surface area contributed by atoms with Gasteiger partial charge in [-0.2, -0.15) is 10.2 Å². The summed E-state index contributed by atoms with van der Waals surface area (Å²) in [6, 6.07) is 0. The van der Waals surface area contributed by atoms with E-state index >= 15 is 0 Å². The number of aromatic nitrogens is 4. The molecule has 1 amide bonds. The van der Waals surface area contributed by atoms with Crippen LogP contribution in [0.25, 0.3) is 0 Å². The number of hydrogen-bond donors (Lipinski definition) is 0. The Bertz CT molecular complexity index is 710. The van der Waals surface area contributed by atoms with E-state index < -0.39 is 0 Å². The number of nitrogens with zero attached hydrogens (tertiary/aromatic N) is 6. The molecule has 0 aromatic carbocycles. The molecule has 1 fully saturated rings. The molecule has 3 heterocycles. The average Bonchev–Trinajstić information content (AvgIpc) is 3.16. The zero-order chi connectivity index (χ0) is 17.8. The summed E-state index contributed by atoms with van der Waals surface area (Å²) >= 11 is 0. The molecule has 0 saturated carbocycles. The van der Waals surface area contributed by atoms with E-state index in [0.717, 1.165) is 24.2 Å². The van der Waals surface area contributed by atoms with Gasteiger partial charge >= 0.3 is 0 Å². The largest absolute Gasteiger partial charge is 0.374 e. The molecule has 0 spiro atoms. The van der Waals surface area contributed by atoms with Crippen molar-refractivity contribution >= 4 is 5.91 Å². The quantitative estimate of drug-likeness (QED) is 0.752. The fourth-order valence-electron chi connectivity index (χ4n) is 3.04. The molecule has 8 heteroatoms. The van der Waals surface area contributed by atoms with Crippen LogP contribution in [0.4, 0.5) is 0 Å². The van der Waals surface area contributed by atoms with Gasteiger partial charge in [0.1, 0.15) is 0 Å².